The van der Waals surface area contributed by atoms with E-state index in [1.165, 1.54) is 12.1 Å². The Balaban J connectivity index is 2.07. The third-order valence-electron chi connectivity index (χ3n) is 3.26. The van der Waals surface area contributed by atoms with Gasteiger partial charge in [-0.1, -0.05) is 0 Å². The Morgan fingerprint density at radius 1 is 1.50 bits per heavy atom. The maximum Gasteiger partial charge on any atom is 0.272 e. The molecule has 1 aliphatic heterocycles. The van der Waals surface area contributed by atoms with Gasteiger partial charge in [-0.05, 0) is 37.1 Å². The monoisotopic (exact) mass is 253 g/mol. The summed E-state index contributed by atoms with van der Waals surface area (Å²) in [6.07, 6.45) is 1.04. The Morgan fingerprint density at radius 2 is 2.28 bits per heavy atom. The summed E-state index contributed by atoms with van der Waals surface area (Å²) in [5.74, 6) is -0.0812. The minimum absolute atomic E-state index is 0.195. The molecule has 98 valence electrons. The zero-order valence-corrected chi connectivity index (χ0v) is 10.0. The highest BCUT2D eigenvalue weighted by Crippen LogP contribution is 2.21. The summed E-state index contributed by atoms with van der Waals surface area (Å²) in [5, 5.41) is 10.6. The molecule has 0 spiro atoms. The molecule has 1 fully saturated rings. The molecule has 0 amide bonds. The molecule has 0 aliphatic carbocycles. The summed E-state index contributed by atoms with van der Waals surface area (Å²) in [4.78, 5) is 12.2. The van der Waals surface area contributed by atoms with Crippen molar-refractivity contribution in [2.75, 3.05) is 19.6 Å². The number of halogens is 1. The van der Waals surface area contributed by atoms with Crippen molar-refractivity contribution in [2.24, 2.45) is 11.7 Å². The lowest BCUT2D eigenvalue weighted by Gasteiger charge is -2.15. The van der Waals surface area contributed by atoms with E-state index in [0.29, 0.717) is 24.6 Å². The summed E-state index contributed by atoms with van der Waals surface area (Å²) in [6, 6.07) is 3.72. The van der Waals surface area contributed by atoms with Crippen molar-refractivity contribution in [3.05, 3.63) is 39.7 Å². The van der Waals surface area contributed by atoms with Crippen LogP contribution in [0.3, 0.4) is 0 Å². The molecule has 1 aromatic rings. The molecule has 18 heavy (non-hydrogen) atoms. The van der Waals surface area contributed by atoms with E-state index in [1.807, 2.05) is 0 Å². The van der Waals surface area contributed by atoms with Crippen molar-refractivity contribution in [1.29, 1.82) is 0 Å². The lowest BCUT2D eigenvalue weighted by molar-refractivity contribution is -0.385. The summed E-state index contributed by atoms with van der Waals surface area (Å²) in [6.45, 7) is 2.97. The van der Waals surface area contributed by atoms with E-state index in [2.05, 4.69) is 4.90 Å². The van der Waals surface area contributed by atoms with Crippen LogP contribution in [0.25, 0.3) is 0 Å². The predicted octanol–water partition coefficient (Wildman–Crippen LogP) is 1.51. The van der Waals surface area contributed by atoms with Crippen molar-refractivity contribution < 1.29 is 9.31 Å². The fraction of sp³-hybridized carbons (Fsp3) is 0.500. The fourth-order valence-corrected chi connectivity index (χ4v) is 2.34. The fourth-order valence-electron chi connectivity index (χ4n) is 2.34. The average molecular weight is 253 g/mol. The first-order valence-electron chi connectivity index (χ1n) is 5.95. The maximum atomic E-state index is 13.3. The average Bonchev–Trinajstić information content (AvgIpc) is 2.76. The highest BCUT2D eigenvalue weighted by Gasteiger charge is 2.21. The molecule has 1 unspecified atom stereocenters. The van der Waals surface area contributed by atoms with Gasteiger partial charge in [-0.15, -0.1) is 0 Å². The zero-order chi connectivity index (χ0) is 13.1. The van der Waals surface area contributed by atoms with Crippen LogP contribution in [0.5, 0.6) is 0 Å². The second-order valence-corrected chi connectivity index (χ2v) is 4.70. The molecular formula is C12H16FN3O2. The Hall–Kier alpha value is -1.53. The molecule has 1 aromatic carbocycles. The molecule has 1 heterocycles. The number of likely N-dealkylation sites (tertiary alicyclic amines) is 1. The quantitative estimate of drug-likeness (QED) is 0.652. The number of benzene rings is 1. The molecule has 1 aliphatic rings. The van der Waals surface area contributed by atoms with Gasteiger partial charge >= 0.3 is 0 Å². The van der Waals surface area contributed by atoms with E-state index in [9.17, 15) is 14.5 Å². The van der Waals surface area contributed by atoms with Crippen LogP contribution >= 0.6 is 0 Å². The van der Waals surface area contributed by atoms with Gasteiger partial charge in [0.15, 0.2) is 0 Å². The predicted molar refractivity (Wildman–Crippen MR) is 65.5 cm³/mol. The molecule has 2 rings (SSSR count). The van der Waals surface area contributed by atoms with E-state index < -0.39 is 10.7 Å². The first-order valence-corrected chi connectivity index (χ1v) is 5.95. The van der Waals surface area contributed by atoms with Gasteiger partial charge in [-0.25, -0.2) is 4.39 Å². The Bertz CT molecular complexity index is 453. The summed E-state index contributed by atoms with van der Waals surface area (Å²) < 4.78 is 13.3. The molecule has 1 saturated heterocycles. The second kappa shape index (κ2) is 5.41. The van der Waals surface area contributed by atoms with Gasteiger partial charge < -0.3 is 5.73 Å². The first kappa shape index (κ1) is 12.9. The third-order valence-corrected chi connectivity index (χ3v) is 3.26. The van der Waals surface area contributed by atoms with E-state index in [-0.39, 0.29) is 5.69 Å². The molecular weight excluding hydrogens is 237 g/mol. The number of nitro groups is 1. The van der Waals surface area contributed by atoms with E-state index in [1.54, 1.807) is 0 Å². The standard InChI is InChI=1S/C12H16FN3O2/c13-11-3-10(4-12(5-11)16(17)18)8-15-2-1-9(6-14)7-15/h3-5,9H,1-2,6-8,14H2. The van der Waals surface area contributed by atoms with Crippen LogP contribution in [0.2, 0.25) is 0 Å². The summed E-state index contributed by atoms with van der Waals surface area (Å²) in [7, 11) is 0. The van der Waals surface area contributed by atoms with E-state index in [0.717, 1.165) is 25.6 Å². The van der Waals surface area contributed by atoms with Gasteiger partial charge in [0.05, 0.1) is 11.0 Å². The van der Waals surface area contributed by atoms with Gasteiger partial charge in [0.1, 0.15) is 5.82 Å². The lowest BCUT2D eigenvalue weighted by atomic mass is 10.1. The Kier molecular flexibility index (Phi) is 3.88. The topological polar surface area (TPSA) is 72.4 Å². The van der Waals surface area contributed by atoms with Gasteiger partial charge in [0, 0.05) is 19.2 Å². The normalized spacial score (nSPS) is 20.2. The maximum absolute atomic E-state index is 13.3. The summed E-state index contributed by atoms with van der Waals surface area (Å²) in [5.41, 5.74) is 6.04. The molecule has 2 N–H and O–H groups in total. The number of hydrogen-bond acceptors (Lipinski definition) is 4. The van der Waals surface area contributed by atoms with Crippen LogP contribution in [0, 0.1) is 21.8 Å². The smallest absolute Gasteiger partial charge is 0.272 e. The van der Waals surface area contributed by atoms with Gasteiger partial charge in [-0.2, -0.15) is 0 Å². The van der Waals surface area contributed by atoms with Crippen molar-refractivity contribution in [1.82, 2.24) is 4.90 Å². The molecule has 0 saturated carbocycles. The number of nitrogens with two attached hydrogens (primary N) is 1. The largest absolute Gasteiger partial charge is 0.330 e. The van der Waals surface area contributed by atoms with E-state index >= 15 is 0 Å². The Morgan fingerprint density at radius 3 is 2.89 bits per heavy atom. The van der Waals surface area contributed by atoms with Crippen molar-refractivity contribution >= 4 is 5.69 Å². The van der Waals surface area contributed by atoms with Crippen molar-refractivity contribution in [3.8, 4) is 0 Å². The number of rotatable bonds is 4. The first-order chi connectivity index (χ1) is 8.58. The van der Waals surface area contributed by atoms with Crippen molar-refractivity contribution in [3.63, 3.8) is 0 Å². The van der Waals surface area contributed by atoms with Gasteiger partial charge in [-0.3, -0.25) is 15.0 Å². The van der Waals surface area contributed by atoms with Crippen molar-refractivity contribution in [2.45, 2.75) is 13.0 Å². The number of nitrogens with zero attached hydrogens (tertiary/aromatic N) is 2. The van der Waals surface area contributed by atoms with Crippen LogP contribution in [-0.2, 0) is 6.54 Å². The third kappa shape index (κ3) is 3.02. The van der Waals surface area contributed by atoms with Crippen LogP contribution < -0.4 is 5.73 Å². The molecule has 5 nitrogen and oxygen atoms in total. The number of non-ortho nitro benzene ring substituents is 1. The zero-order valence-electron chi connectivity index (χ0n) is 10.0. The number of nitro benzene ring substituents is 1. The molecule has 1 atom stereocenters. The van der Waals surface area contributed by atoms with Crippen LogP contribution in [0.1, 0.15) is 12.0 Å². The number of hydrogen-bond donors (Lipinski definition) is 1. The molecule has 0 aromatic heterocycles. The van der Waals surface area contributed by atoms with Crippen LogP contribution in [0.15, 0.2) is 18.2 Å². The Labute approximate surface area is 105 Å². The highest BCUT2D eigenvalue weighted by atomic mass is 19.1. The van der Waals surface area contributed by atoms with Gasteiger partial charge in [0.25, 0.3) is 5.69 Å². The SMILES string of the molecule is NCC1CCN(Cc2cc(F)cc([N+](=O)[O-])c2)C1. The minimum atomic E-state index is -0.570. The second-order valence-electron chi connectivity index (χ2n) is 4.70. The molecule has 0 bridgehead atoms. The minimum Gasteiger partial charge on any atom is -0.330 e. The highest BCUT2D eigenvalue weighted by molar-refractivity contribution is 5.35. The molecule has 0 radical (unpaired) electrons. The lowest BCUT2D eigenvalue weighted by Crippen LogP contribution is -2.22. The van der Waals surface area contributed by atoms with Gasteiger partial charge in [0.2, 0.25) is 0 Å². The van der Waals surface area contributed by atoms with Crippen LogP contribution in [0.4, 0.5) is 10.1 Å². The summed E-state index contributed by atoms with van der Waals surface area (Å²) >= 11 is 0. The van der Waals surface area contributed by atoms with Crippen LogP contribution in [-0.4, -0.2) is 29.5 Å². The van der Waals surface area contributed by atoms with E-state index in [4.69, 9.17) is 5.73 Å². The molecule has 6 heteroatoms.